The topological polar surface area (TPSA) is 23.5 Å². The molecular formula is C16H29NO. The summed E-state index contributed by atoms with van der Waals surface area (Å²) in [5, 5.41) is 10.1. The van der Waals surface area contributed by atoms with Gasteiger partial charge in [-0.3, -0.25) is 0 Å². The minimum atomic E-state index is -0.0370. The van der Waals surface area contributed by atoms with Crippen molar-refractivity contribution in [3.8, 4) is 0 Å². The SMILES string of the molecule is CN(CC1CCC1)C1CC(O)CCC12CCCC2. The number of rotatable bonds is 3. The van der Waals surface area contributed by atoms with Crippen molar-refractivity contribution in [3.63, 3.8) is 0 Å². The zero-order chi connectivity index (χ0) is 12.6. The van der Waals surface area contributed by atoms with Gasteiger partial charge in [-0.05, 0) is 63.3 Å². The van der Waals surface area contributed by atoms with E-state index in [-0.39, 0.29) is 6.10 Å². The van der Waals surface area contributed by atoms with Gasteiger partial charge in [-0.15, -0.1) is 0 Å². The lowest BCUT2D eigenvalue weighted by atomic mass is 9.67. The van der Waals surface area contributed by atoms with Crippen LogP contribution >= 0.6 is 0 Å². The average molecular weight is 251 g/mol. The van der Waals surface area contributed by atoms with E-state index in [9.17, 15) is 5.11 Å². The Bertz CT molecular complexity index is 281. The lowest BCUT2D eigenvalue weighted by molar-refractivity contribution is -0.0252. The Balaban J connectivity index is 1.68. The number of aliphatic hydroxyl groups is 1. The lowest BCUT2D eigenvalue weighted by Crippen LogP contribution is -2.51. The van der Waals surface area contributed by atoms with Crippen molar-refractivity contribution in [2.24, 2.45) is 11.3 Å². The van der Waals surface area contributed by atoms with Gasteiger partial charge < -0.3 is 10.0 Å². The Morgan fingerprint density at radius 1 is 1.06 bits per heavy atom. The molecule has 0 amide bonds. The van der Waals surface area contributed by atoms with E-state index >= 15 is 0 Å². The summed E-state index contributed by atoms with van der Waals surface area (Å²) in [7, 11) is 2.32. The molecular weight excluding hydrogens is 222 g/mol. The van der Waals surface area contributed by atoms with Gasteiger partial charge >= 0.3 is 0 Å². The van der Waals surface area contributed by atoms with Crippen LogP contribution in [0.3, 0.4) is 0 Å². The summed E-state index contributed by atoms with van der Waals surface area (Å²) in [6, 6.07) is 0.657. The number of aliphatic hydroxyl groups excluding tert-OH is 1. The molecule has 18 heavy (non-hydrogen) atoms. The Morgan fingerprint density at radius 3 is 2.39 bits per heavy atom. The van der Waals surface area contributed by atoms with Gasteiger partial charge in [0.15, 0.2) is 0 Å². The van der Waals surface area contributed by atoms with Gasteiger partial charge in [0.25, 0.3) is 0 Å². The second-order valence-electron chi connectivity index (χ2n) is 7.25. The van der Waals surface area contributed by atoms with Crippen molar-refractivity contribution in [1.29, 1.82) is 0 Å². The molecule has 0 bridgehead atoms. The minimum absolute atomic E-state index is 0.0370. The van der Waals surface area contributed by atoms with Crippen molar-refractivity contribution in [2.45, 2.75) is 76.4 Å². The molecule has 3 fully saturated rings. The van der Waals surface area contributed by atoms with Crippen LogP contribution in [0.15, 0.2) is 0 Å². The van der Waals surface area contributed by atoms with E-state index in [0.717, 1.165) is 18.8 Å². The summed E-state index contributed by atoms with van der Waals surface area (Å²) in [5.41, 5.74) is 0.567. The Hall–Kier alpha value is -0.0800. The first-order chi connectivity index (χ1) is 8.70. The maximum Gasteiger partial charge on any atom is 0.0555 e. The van der Waals surface area contributed by atoms with Crippen molar-refractivity contribution < 1.29 is 5.11 Å². The molecule has 0 radical (unpaired) electrons. The van der Waals surface area contributed by atoms with Gasteiger partial charge in [0, 0.05) is 12.6 Å². The van der Waals surface area contributed by atoms with Crippen LogP contribution in [0, 0.1) is 11.3 Å². The summed E-state index contributed by atoms with van der Waals surface area (Å²) >= 11 is 0. The fraction of sp³-hybridized carbons (Fsp3) is 1.00. The standard InChI is InChI=1S/C16H29NO/c1-17(12-13-5-4-6-13)15-11-14(18)7-10-16(15)8-2-3-9-16/h13-15,18H,2-12H2,1H3. The van der Waals surface area contributed by atoms with Gasteiger partial charge in [-0.25, -0.2) is 0 Å². The second-order valence-corrected chi connectivity index (χ2v) is 7.25. The molecule has 0 aromatic carbocycles. The fourth-order valence-electron chi connectivity index (χ4n) is 4.77. The molecule has 3 rings (SSSR count). The van der Waals surface area contributed by atoms with Crippen molar-refractivity contribution >= 4 is 0 Å². The molecule has 2 unspecified atom stereocenters. The first kappa shape index (κ1) is 12.9. The van der Waals surface area contributed by atoms with Gasteiger partial charge in [0.05, 0.1) is 6.10 Å². The second kappa shape index (κ2) is 5.13. The maximum atomic E-state index is 10.1. The van der Waals surface area contributed by atoms with Crippen molar-refractivity contribution in [3.05, 3.63) is 0 Å². The minimum Gasteiger partial charge on any atom is -0.393 e. The number of hydrogen-bond donors (Lipinski definition) is 1. The molecule has 0 heterocycles. The molecule has 0 aromatic rings. The van der Waals surface area contributed by atoms with E-state index in [1.54, 1.807) is 0 Å². The van der Waals surface area contributed by atoms with Gasteiger partial charge in [-0.2, -0.15) is 0 Å². The van der Waals surface area contributed by atoms with Gasteiger partial charge in [0.1, 0.15) is 0 Å². The first-order valence-electron chi connectivity index (χ1n) is 8.08. The van der Waals surface area contributed by atoms with Crippen molar-refractivity contribution in [1.82, 2.24) is 4.90 Å². The Labute approximate surface area is 112 Å². The predicted octanol–water partition coefficient (Wildman–Crippen LogP) is 3.19. The van der Waals surface area contributed by atoms with E-state index in [0.29, 0.717) is 11.5 Å². The summed E-state index contributed by atoms with van der Waals surface area (Å²) in [6.07, 6.45) is 13.3. The van der Waals surface area contributed by atoms with Gasteiger partial charge in [0.2, 0.25) is 0 Å². The number of nitrogens with zero attached hydrogens (tertiary/aromatic N) is 1. The third-order valence-corrected chi connectivity index (χ3v) is 6.08. The zero-order valence-electron chi connectivity index (χ0n) is 11.9. The number of hydrogen-bond acceptors (Lipinski definition) is 2. The first-order valence-corrected chi connectivity index (χ1v) is 8.08. The smallest absolute Gasteiger partial charge is 0.0555 e. The molecule has 104 valence electrons. The molecule has 2 nitrogen and oxygen atoms in total. The quantitative estimate of drug-likeness (QED) is 0.832. The highest BCUT2D eigenvalue weighted by Crippen LogP contribution is 2.51. The lowest BCUT2D eigenvalue weighted by Gasteiger charge is -2.49. The highest BCUT2D eigenvalue weighted by atomic mass is 16.3. The van der Waals surface area contributed by atoms with E-state index < -0.39 is 0 Å². The summed E-state index contributed by atoms with van der Waals surface area (Å²) in [5.74, 6) is 0.951. The molecule has 2 atom stereocenters. The summed E-state index contributed by atoms with van der Waals surface area (Å²) in [4.78, 5) is 2.62. The fourth-order valence-corrected chi connectivity index (χ4v) is 4.77. The Kier molecular flexibility index (Phi) is 3.68. The molecule has 0 aliphatic heterocycles. The predicted molar refractivity (Wildman–Crippen MR) is 74.5 cm³/mol. The summed E-state index contributed by atoms with van der Waals surface area (Å²) < 4.78 is 0. The van der Waals surface area contributed by atoms with Crippen LogP contribution in [0.25, 0.3) is 0 Å². The molecule has 0 saturated heterocycles. The normalized spacial score (nSPS) is 36.2. The highest BCUT2D eigenvalue weighted by Gasteiger charge is 2.46. The van der Waals surface area contributed by atoms with Crippen LogP contribution in [0.1, 0.15) is 64.2 Å². The van der Waals surface area contributed by atoms with Gasteiger partial charge in [-0.1, -0.05) is 19.3 Å². The molecule has 3 aliphatic rings. The van der Waals surface area contributed by atoms with Crippen molar-refractivity contribution in [2.75, 3.05) is 13.6 Å². The average Bonchev–Trinajstić information content (AvgIpc) is 2.76. The van der Waals surface area contributed by atoms with E-state index in [2.05, 4.69) is 11.9 Å². The zero-order valence-corrected chi connectivity index (χ0v) is 11.9. The molecule has 1 N–H and O–H groups in total. The van der Waals surface area contributed by atoms with Crippen LogP contribution in [-0.2, 0) is 0 Å². The van der Waals surface area contributed by atoms with Crippen LogP contribution < -0.4 is 0 Å². The Morgan fingerprint density at radius 2 is 1.78 bits per heavy atom. The highest BCUT2D eigenvalue weighted by molar-refractivity contribution is 5.00. The van der Waals surface area contributed by atoms with E-state index in [1.807, 2.05) is 0 Å². The monoisotopic (exact) mass is 251 g/mol. The third kappa shape index (κ3) is 2.34. The molecule has 2 heteroatoms. The molecule has 3 saturated carbocycles. The molecule has 1 spiro atoms. The van der Waals surface area contributed by atoms with Crippen LogP contribution in [0.2, 0.25) is 0 Å². The largest absolute Gasteiger partial charge is 0.393 e. The third-order valence-electron chi connectivity index (χ3n) is 6.08. The van der Waals surface area contributed by atoms with Crippen LogP contribution in [0.5, 0.6) is 0 Å². The van der Waals surface area contributed by atoms with Crippen LogP contribution in [0.4, 0.5) is 0 Å². The van der Waals surface area contributed by atoms with E-state index in [1.165, 1.54) is 57.9 Å². The molecule has 3 aliphatic carbocycles. The molecule has 0 aromatic heterocycles. The summed E-state index contributed by atoms with van der Waals surface area (Å²) in [6.45, 7) is 1.28. The maximum absolute atomic E-state index is 10.1. The van der Waals surface area contributed by atoms with Crippen LogP contribution in [-0.4, -0.2) is 35.7 Å². The van der Waals surface area contributed by atoms with E-state index in [4.69, 9.17) is 0 Å².